The van der Waals surface area contributed by atoms with Gasteiger partial charge in [0, 0.05) is 37.4 Å². The zero-order chi connectivity index (χ0) is 21.7. The highest BCUT2D eigenvalue weighted by molar-refractivity contribution is 7.89. The van der Waals surface area contributed by atoms with Gasteiger partial charge in [0.2, 0.25) is 10.0 Å². The van der Waals surface area contributed by atoms with Gasteiger partial charge in [0.1, 0.15) is 16.4 Å². The lowest BCUT2D eigenvalue weighted by molar-refractivity contribution is 0.0766. The van der Waals surface area contributed by atoms with Crippen LogP contribution in [-0.2, 0) is 10.0 Å². The third-order valence-corrected chi connectivity index (χ3v) is 6.63. The number of hydrogen-bond donors (Lipinski definition) is 1. The molecule has 1 heterocycles. The van der Waals surface area contributed by atoms with Crippen molar-refractivity contribution in [2.75, 3.05) is 52.3 Å². The lowest BCUT2D eigenvalue weighted by Gasteiger charge is -2.24. The number of methoxy groups -OCH3 is 2. The number of anilines is 1. The Kier molecular flexibility index (Phi) is 6.84. The van der Waals surface area contributed by atoms with Crippen molar-refractivity contribution in [3.63, 3.8) is 0 Å². The van der Waals surface area contributed by atoms with E-state index in [9.17, 15) is 13.2 Å². The molecule has 0 aromatic heterocycles. The zero-order valence-electron chi connectivity index (χ0n) is 17.4. The van der Waals surface area contributed by atoms with Crippen LogP contribution in [0.5, 0.6) is 11.5 Å². The first-order valence-electron chi connectivity index (χ1n) is 9.69. The van der Waals surface area contributed by atoms with Crippen LogP contribution in [0.4, 0.5) is 5.69 Å². The summed E-state index contributed by atoms with van der Waals surface area (Å²) in [4.78, 5) is 17.0. The van der Waals surface area contributed by atoms with Crippen LogP contribution in [0.2, 0.25) is 0 Å². The number of nitrogens with zero attached hydrogens (tertiary/aromatic N) is 2. The third kappa shape index (κ3) is 4.68. The Balaban J connectivity index is 1.76. The van der Waals surface area contributed by atoms with Gasteiger partial charge in [-0.1, -0.05) is 0 Å². The van der Waals surface area contributed by atoms with Crippen LogP contribution in [-0.4, -0.2) is 66.7 Å². The number of benzene rings is 2. The molecule has 0 radical (unpaired) electrons. The largest absolute Gasteiger partial charge is 0.497 e. The topological polar surface area (TPSA) is 88.2 Å². The van der Waals surface area contributed by atoms with E-state index in [-0.39, 0.29) is 16.6 Å². The highest BCUT2D eigenvalue weighted by Crippen LogP contribution is 2.26. The van der Waals surface area contributed by atoms with Gasteiger partial charge in [0.15, 0.2) is 0 Å². The SMILES string of the molecule is CNS(=O)(=O)c1cc(C(=O)N2CCCN(c3ccc(OC)cc3)CC2)ccc1OC. The van der Waals surface area contributed by atoms with E-state index in [4.69, 9.17) is 9.47 Å². The van der Waals surface area contributed by atoms with Crippen molar-refractivity contribution in [2.24, 2.45) is 0 Å². The zero-order valence-corrected chi connectivity index (χ0v) is 18.2. The normalized spacial score (nSPS) is 14.9. The maximum atomic E-state index is 13.1. The molecule has 0 unspecified atom stereocenters. The maximum absolute atomic E-state index is 13.1. The highest BCUT2D eigenvalue weighted by Gasteiger charge is 2.24. The Morgan fingerprint density at radius 2 is 1.70 bits per heavy atom. The van der Waals surface area contributed by atoms with Gasteiger partial charge in [0.05, 0.1) is 14.2 Å². The van der Waals surface area contributed by atoms with Gasteiger partial charge in [-0.25, -0.2) is 13.1 Å². The lowest BCUT2D eigenvalue weighted by atomic mass is 10.2. The summed E-state index contributed by atoms with van der Waals surface area (Å²) < 4.78 is 37.2. The molecule has 8 nitrogen and oxygen atoms in total. The highest BCUT2D eigenvalue weighted by atomic mass is 32.2. The fourth-order valence-electron chi connectivity index (χ4n) is 3.48. The number of carbonyl (C=O) groups is 1. The predicted octanol–water partition coefficient (Wildman–Crippen LogP) is 1.96. The van der Waals surface area contributed by atoms with E-state index in [1.165, 1.54) is 26.3 Å². The Labute approximate surface area is 177 Å². The summed E-state index contributed by atoms with van der Waals surface area (Å²) in [6.07, 6.45) is 0.815. The molecule has 1 aliphatic heterocycles. The summed E-state index contributed by atoms with van der Waals surface area (Å²) in [5, 5.41) is 0. The van der Waals surface area contributed by atoms with Crippen LogP contribution in [0, 0.1) is 0 Å². The third-order valence-electron chi connectivity index (χ3n) is 5.19. The van der Waals surface area contributed by atoms with Gasteiger partial charge in [-0.15, -0.1) is 0 Å². The van der Waals surface area contributed by atoms with Gasteiger partial charge in [-0.3, -0.25) is 4.79 Å². The molecule has 1 amide bonds. The second-order valence-corrected chi connectivity index (χ2v) is 8.76. The fourth-order valence-corrected chi connectivity index (χ4v) is 4.40. The standard InChI is InChI=1S/C21H27N3O5S/c1-22-30(26,27)20-15-16(5-10-19(20)29-3)21(25)24-12-4-11-23(13-14-24)17-6-8-18(28-2)9-7-17/h5-10,15,22H,4,11-14H2,1-3H3. The maximum Gasteiger partial charge on any atom is 0.253 e. The first kappa shape index (κ1) is 21.9. The van der Waals surface area contributed by atoms with Crippen LogP contribution in [0.25, 0.3) is 0 Å². The Bertz CT molecular complexity index is 992. The predicted molar refractivity (Wildman–Crippen MR) is 115 cm³/mol. The molecule has 1 aliphatic rings. The summed E-state index contributed by atoms with van der Waals surface area (Å²) in [7, 11) is 0.608. The lowest BCUT2D eigenvalue weighted by Crippen LogP contribution is -2.35. The second-order valence-electron chi connectivity index (χ2n) is 6.90. The van der Waals surface area contributed by atoms with Crippen molar-refractivity contribution in [3.8, 4) is 11.5 Å². The fraction of sp³-hybridized carbons (Fsp3) is 0.381. The van der Waals surface area contributed by atoms with Crippen molar-refractivity contribution in [1.29, 1.82) is 0 Å². The quantitative estimate of drug-likeness (QED) is 0.749. The molecule has 0 spiro atoms. The molecule has 0 atom stereocenters. The van der Waals surface area contributed by atoms with Crippen LogP contribution in [0.3, 0.4) is 0 Å². The van der Waals surface area contributed by atoms with Crippen LogP contribution < -0.4 is 19.1 Å². The van der Waals surface area contributed by atoms with Crippen molar-refractivity contribution >= 4 is 21.6 Å². The summed E-state index contributed by atoms with van der Waals surface area (Å²) in [5.74, 6) is 0.807. The first-order valence-corrected chi connectivity index (χ1v) is 11.2. The number of hydrogen-bond acceptors (Lipinski definition) is 6. The summed E-state index contributed by atoms with van der Waals surface area (Å²) in [6, 6.07) is 12.3. The molecule has 162 valence electrons. The van der Waals surface area contributed by atoms with E-state index in [1.54, 1.807) is 18.1 Å². The minimum atomic E-state index is -3.75. The van der Waals surface area contributed by atoms with E-state index < -0.39 is 10.0 Å². The molecule has 30 heavy (non-hydrogen) atoms. The second kappa shape index (κ2) is 9.36. The molecular weight excluding hydrogens is 406 g/mol. The molecule has 3 rings (SSSR count). The van der Waals surface area contributed by atoms with E-state index in [0.717, 1.165) is 24.4 Å². The summed E-state index contributed by atoms with van der Waals surface area (Å²) >= 11 is 0. The Morgan fingerprint density at radius 3 is 2.33 bits per heavy atom. The van der Waals surface area contributed by atoms with Gasteiger partial charge in [-0.05, 0) is 55.9 Å². The molecule has 9 heteroatoms. The minimum absolute atomic E-state index is 0.0481. The molecule has 1 fully saturated rings. The van der Waals surface area contributed by atoms with E-state index in [0.29, 0.717) is 25.2 Å². The van der Waals surface area contributed by atoms with Crippen molar-refractivity contribution < 1.29 is 22.7 Å². The van der Waals surface area contributed by atoms with E-state index in [1.807, 2.05) is 24.3 Å². The minimum Gasteiger partial charge on any atom is -0.497 e. The number of amides is 1. The monoisotopic (exact) mass is 433 g/mol. The Morgan fingerprint density at radius 1 is 0.967 bits per heavy atom. The van der Waals surface area contributed by atoms with E-state index >= 15 is 0 Å². The van der Waals surface area contributed by atoms with Gasteiger partial charge in [0.25, 0.3) is 5.91 Å². The van der Waals surface area contributed by atoms with Crippen molar-refractivity contribution in [2.45, 2.75) is 11.3 Å². The van der Waals surface area contributed by atoms with Crippen molar-refractivity contribution in [3.05, 3.63) is 48.0 Å². The van der Waals surface area contributed by atoms with Gasteiger partial charge < -0.3 is 19.3 Å². The van der Waals surface area contributed by atoms with Gasteiger partial charge >= 0.3 is 0 Å². The molecule has 0 aliphatic carbocycles. The Hall–Kier alpha value is -2.78. The molecule has 0 bridgehead atoms. The number of carbonyl (C=O) groups excluding carboxylic acids is 1. The number of sulfonamides is 1. The number of ether oxygens (including phenoxy) is 2. The molecule has 1 saturated heterocycles. The molecule has 2 aromatic carbocycles. The van der Waals surface area contributed by atoms with Crippen LogP contribution in [0.15, 0.2) is 47.4 Å². The van der Waals surface area contributed by atoms with Crippen LogP contribution in [0.1, 0.15) is 16.8 Å². The molecule has 0 saturated carbocycles. The number of rotatable bonds is 6. The van der Waals surface area contributed by atoms with Crippen molar-refractivity contribution in [1.82, 2.24) is 9.62 Å². The van der Waals surface area contributed by atoms with Crippen LogP contribution >= 0.6 is 0 Å². The average molecular weight is 434 g/mol. The molecule has 2 aromatic rings. The van der Waals surface area contributed by atoms with Gasteiger partial charge in [-0.2, -0.15) is 0 Å². The first-order chi connectivity index (χ1) is 14.4. The smallest absolute Gasteiger partial charge is 0.253 e. The average Bonchev–Trinajstić information content (AvgIpc) is 3.04. The van der Waals surface area contributed by atoms with E-state index in [2.05, 4.69) is 9.62 Å². The number of nitrogens with one attached hydrogen (secondary N) is 1. The molecule has 1 N–H and O–H groups in total. The molecular formula is C21H27N3O5S. The summed E-state index contributed by atoms with van der Waals surface area (Å²) in [5.41, 5.74) is 1.40. The summed E-state index contributed by atoms with van der Waals surface area (Å²) in [6.45, 7) is 2.67.